The summed E-state index contributed by atoms with van der Waals surface area (Å²) in [5, 5.41) is 16.2. The average Bonchev–Trinajstić information content (AvgIpc) is 3.30. The van der Waals surface area contributed by atoms with Crippen molar-refractivity contribution in [3.8, 4) is 5.69 Å². The highest BCUT2D eigenvalue weighted by Crippen LogP contribution is 2.31. The van der Waals surface area contributed by atoms with E-state index >= 15 is 0 Å². The molecule has 0 spiro atoms. The molecule has 3 heterocycles. The van der Waals surface area contributed by atoms with Crippen LogP contribution in [-0.4, -0.2) is 31.5 Å². The van der Waals surface area contributed by atoms with E-state index < -0.39 is 0 Å². The summed E-state index contributed by atoms with van der Waals surface area (Å²) in [5.74, 6) is -0.283. The molecule has 0 atom stereocenters. The number of carbonyl (C=O) groups is 1. The number of amides is 1. The van der Waals surface area contributed by atoms with Crippen LogP contribution in [0.4, 0.5) is 0 Å². The Morgan fingerprint density at radius 2 is 1.85 bits per heavy atom. The van der Waals surface area contributed by atoms with Gasteiger partial charge in [0, 0.05) is 17.1 Å². The lowest BCUT2D eigenvalue weighted by Gasteiger charge is -2.20. The minimum Gasteiger partial charge on any atom is -0.318 e. The number of aromatic nitrogens is 1. The number of aryl methyl sites for hydroxylation is 3. The van der Waals surface area contributed by atoms with Crippen molar-refractivity contribution >= 4 is 39.8 Å². The van der Waals surface area contributed by atoms with Crippen molar-refractivity contribution in [2.75, 3.05) is 0 Å². The maximum absolute atomic E-state index is 12.8. The Kier molecular flexibility index (Phi) is 6.70. The van der Waals surface area contributed by atoms with Gasteiger partial charge in [0.25, 0.3) is 5.91 Å². The number of thioether (sulfide) groups is 1. The Balaban J connectivity index is 1.61. The molecule has 0 bridgehead atoms. The summed E-state index contributed by atoms with van der Waals surface area (Å²) < 4.78 is 2.18. The van der Waals surface area contributed by atoms with E-state index in [2.05, 4.69) is 66.6 Å². The monoisotopic (exact) mass is 461 g/mol. The van der Waals surface area contributed by atoms with Crippen molar-refractivity contribution in [1.29, 1.82) is 5.41 Å². The number of rotatable bonds is 7. The van der Waals surface area contributed by atoms with Crippen LogP contribution in [0.3, 0.4) is 0 Å². The van der Waals surface area contributed by atoms with Gasteiger partial charge in [-0.25, -0.2) is 0 Å². The quantitative estimate of drug-likeness (QED) is 0.388. The molecule has 1 N–H and O–H groups in total. The zero-order valence-electron chi connectivity index (χ0n) is 20.0. The highest BCUT2D eigenvalue weighted by atomic mass is 32.2. The minimum atomic E-state index is -0.378. The second-order valence-electron chi connectivity index (χ2n) is 8.75. The van der Waals surface area contributed by atoms with Crippen LogP contribution in [0.15, 0.2) is 39.9 Å². The first kappa shape index (κ1) is 23.2. The summed E-state index contributed by atoms with van der Waals surface area (Å²) in [5.41, 5.74) is 6.87. The molecule has 0 radical (unpaired) electrons. The third-order valence-electron chi connectivity index (χ3n) is 6.26. The number of benzene rings is 1. The molecule has 172 valence electrons. The predicted molar refractivity (Wildman–Crippen MR) is 138 cm³/mol. The molecule has 6 nitrogen and oxygen atoms in total. The molecular weight excluding hydrogens is 430 g/mol. The molecule has 0 saturated carbocycles. The van der Waals surface area contributed by atoms with Crippen LogP contribution >= 0.6 is 11.8 Å². The second-order valence-corrected chi connectivity index (χ2v) is 9.80. The van der Waals surface area contributed by atoms with E-state index in [-0.39, 0.29) is 17.3 Å². The SMILES string of the molecule is CCCCCCC1=NN2C(=N)/C(=C/c3cc(C)n(-c4ccc(C)c(C)c4)c3C)C(=O)N=C2S1. The molecule has 4 rings (SSSR count). The van der Waals surface area contributed by atoms with Gasteiger partial charge in [0.05, 0.1) is 5.57 Å². The summed E-state index contributed by atoms with van der Waals surface area (Å²) in [6.07, 6.45) is 7.28. The number of aliphatic imine (C=N–C) groups is 1. The lowest BCUT2D eigenvalue weighted by molar-refractivity contribution is -0.114. The van der Waals surface area contributed by atoms with E-state index in [1.807, 2.05) is 6.92 Å². The van der Waals surface area contributed by atoms with E-state index in [0.717, 1.165) is 40.5 Å². The van der Waals surface area contributed by atoms with Gasteiger partial charge < -0.3 is 4.57 Å². The van der Waals surface area contributed by atoms with E-state index in [1.54, 1.807) is 6.08 Å². The molecule has 2 aliphatic rings. The van der Waals surface area contributed by atoms with Crippen LogP contribution in [0, 0.1) is 33.1 Å². The van der Waals surface area contributed by atoms with Crippen LogP contribution in [0.25, 0.3) is 11.8 Å². The fourth-order valence-corrected chi connectivity index (χ4v) is 5.11. The molecule has 0 fully saturated rings. The smallest absolute Gasteiger partial charge is 0.283 e. The van der Waals surface area contributed by atoms with Gasteiger partial charge >= 0.3 is 0 Å². The summed E-state index contributed by atoms with van der Waals surface area (Å²) >= 11 is 1.41. The van der Waals surface area contributed by atoms with Crippen LogP contribution in [0.1, 0.15) is 67.1 Å². The number of hydrogen-bond acceptors (Lipinski definition) is 4. The van der Waals surface area contributed by atoms with Gasteiger partial charge in [-0.2, -0.15) is 15.1 Å². The minimum absolute atomic E-state index is 0.0945. The fourth-order valence-electron chi connectivity index (χ4n) is 4.19. The summed E-state index contributed by atoms with van der Waals surface area (Å²) in [4.78, 5) is 17.1. The first-order chi connectivity index (χ1) is 15.8. The largest absolute Gasteiger partial charge is 0.318 e. The molecule has 7 heteroatoms. The van der Waals surface area contributed by atoms with Crippen molar-refractivity contribution in [2.24, 2.45) is 10.1 Å². The van der Waals surface area contributed by atoms with Crippen molar-refractivity contribution in [3.63, 3.8) is 0 Å². The van der Waals surface area contributed by atoms with Gasteiger partial charge in [-0.15, -0.1) is 0 Å². The fraction of sp³-hybridized carbons (Fsp3) is 0.385. The Morgan fingerprint density at radius 1 is 1.06 bits per heavy atom. The molecule has 33 heavy (non-hydrogen) atoms. The van der Waals surface area contributed by atoms with Crippen LogP contribution in [0.2, 0.25) is 0 Å². The number of nitrogens with zero attached hydrogens (tertiary/aromatic N) is 4. The number of unbranched alkanes of at least 4 members (excludes halogenated alkanes) is 3. The van der Waals surface area contributed by atoms with Gasteiger partial charge in [-0.05, 0) is 93.3 Å². The van der Waals surface area contributed by atoms with Gasteiger partial charge in [0.1, 0.15) is 5.04 Å². The number of amidine groups is 2. The zero-order valence-corrected chi connectivity index (χ0v) is 20.8. The normalized spacial score (nSPS) is 17.0. The molecule has 0 aliphatic carbocycles. The summed E-state index contributed by atoms with van der Waals surface area (Å²) in [7, 11) is 0. The van der Waals surface area contributed by atoms with Crippen LogP contribution in [-0.2, 0) is 4.79 Å². The first-order valence-electron chi connectivity index (χ1n) is 11.6. The molecule has 2 aromatic rings. The van der Waals surface area contributed by atoms with Crippen molar-refractivity contribution in [3.05, 3.63) is 57.9 Å². The predicted octanol–water partition coefficient (Wildman–Crippen LogP) is 6.30. The van der Waals surface area contributed by atoms with Gasteiger partial charge in [-0.1, -0.05) is 32.3 Å². The average molecular weight is 462 g/mol. The Morgan fingerprint density at radius 3 is 2.58 bits per heavy atom. The molecule has 2 aliphatic heterocycles. The molecule has 1 aromatic heterocycles. The lowest BCUT2D eigenvalue weighted by Crippen LogP contribution is -2.35. The van der Waals surface area contributed by atoms with Crippen LogP contribution in [0.5, 0.6) is 0 Å². The highest BCUT2D eigenvalue weighted by Gasteiger charge is 2.35. The maximum atomic E-state index is 12.8. The highest BCUT2D eigenvalue weighted by molar-refractivity contribution is 8.26. The van der Waals surface area contributed by atoms with Crippen molar-refractivity contribution in [2.45, 2.75) is 66.7 Å². The lowest BCUT2D eigenvalue weighted by atomic mass is 10.1. The zero-order chi connectivity index (χ0) is 23.7. The van der Waals surface area contributed by atoms with Gasteiger partial charge in [0.15, 0.2) is 5.84 Å². The van der Waals surface area contributed by atoms with Crippen LogP contribution < -0.4 is 0 Å². The Bertz CT molecular complexity index is 1220. The van der Waals surface area contributed by atoms with E-state index in [1.165, 1.54) is 47.2 Å². The van der Waals surface area contributed by atoms with Gasteiger partial charge in [-0.3, -0.25) is 10.2 Å². The van der Waals surface area contributed by atoms with E-state index in [9.17, 15) is 4.79 Å². The maximum Gasteiger partial charge on any atom is 0.283 e. The number of nitrogens with one attached hydrogen (secondary N) is 1. The molecule has 0 unspecified atom stereocenters. The third kappa shape index (κ3) is 4.60. The van der Waals surface area contributed by atoms with Crippen molar-refractivity contribution in [1.82, 2.24) is 9.58 Å². The first-order valence-corrected chi connectivity index (χ1v) is 12.4. The molecule has 1 amide bonds. The molecule has 0 saturated heterocycles. The number of fused-ring (bicyclic) bond motifs is 1. The number of carbonyl (C=O) groups excluding carboxylic acids is 1. The van der Waals surface area contributed by atoms with E-state index in [4.69, 9.17) is 5.41 Å². The molecular formula is C26H31N5OS. The summed E-state index contributed by atoms with van der Waals surface area (Å²) in [6.45, 7) is 10.5. The molecule has 1 aromatic carbocycles. The Labute approximate surface area is 200 Å². The van der Waals surface area contributed by atoms with Gasteiger partial charge in [0.2, 0.25) is 5.17 Å². The van der Waals surface area contributed by atoms with E-state index in [0.29, 0.717) is 5.17 Å². The second kappa shape index (κ2) is 9.51. The number of hydrogen-bond donors (Lipinski definition) is 1. The third-order valence-corrected chi connectivity index (χ3v) is 7.23. The van der Waals surface area contributed by atoms with Crippen molar-refractivity contribution < 1.29 is 4.79 Å². The standard InChI is InChI=1S/C26H31N5OS/c1-6-7-8-9-10-23-29-31-24(27)22(25(32)28-26(31)33-23)15-20-14-18(4)30(19(20)5)21-12-11-16(2)17(3)13-21/h11-15,27H,6-10H2,1-5H3/b22-15-,27-24?. The Hall–Kier alpha value is -2.93. The topological polar surface area (TPSA) is 73.8 Å². The summed E-state index contributed by atoms with van der Waals surface area (Å²) in [6, 6.07) is 8.47. The number of hydrazone groups is 1.